The Balaban J connectivity index is 1.80. The molecule has 1 heterocycles. The first-order valence-corrected chi connectivity index (χ1v) is 6.77. The number of carbonyl (C=O) groups excluding carboxylic acids is 1. The Labute approximate surface area is 112 Å². The lowest BCUT2D eigenvalue weighted by Crippen LogP contribution is -2.22. The minimum atomic E-state index is -4.49. The Kier molecular flexibility index (Phi) is 4.41. The van der Waals surface area contributed by atoms with Gasteiger partial charge in [0.25, 0.3) is 5.91 Å². The third-order valence-corrected chi connectivity index (χ3v) is 3.55. The first kappa shape index (κ1) is 14.3. The molecule has 4 nitrogen and oxygen atoms in total. The minimum absolute atomic E-state index is 0.0626. The molecule has 1 aromatic heterocycles. The van der Waals surface area contributed by atoms with E-state index in [1.807, 2.05) is 0 Å². The maximum absolute atomic E-state index is 12.3. The van der Waals surface area contributed by atoms with E-state index < -0.39 is 17.8 Å². The Morgan fingerprint density at radius 2 is 2.16 bits per heavy atom. The minimum Gasteiger partial charge on any atom is -0.368 e. The number of alkyl halides is 3. The van der Waals surface area contributed by atoms with E-state index >= 15 is 0 Å². The molecule has 1 fully saturated rings. The maximum Gasteiger partial charge on any atom is 0.434 e. The van der Waals surface area contributed by atoms with E-state index in [9.17, 15) is 18.0 Å². The van der Waals surface area contributed by atoms with E-state index in [1.165, 1.54) is 0 Å². The smallest absolute Gasteiger partial charge is 0.368 e. The molecular weight excluding hydrogens is 281 g/mol. The van der Waals surface area contributed by atoms with Crippen LogP contribution in [0.3, 0.4) is 0 Å². The van der Waals surface area contributed by atoms with Crippen LogP contribution in [0.4, 0.5) is 18.3 Å². The summed E-state index contributed by atoms with van der Waals surface area (Å²) >= 11 is 0.744. The first-order valence-electron chi connectivity index (χ1n) is 5.89. The number of rotatable bonds is 4. The molecule has 0 saturated heterocycles. The maximum atomic E-state index is 12.3. The van der Waals surface area contributed by atoms with Crippen molar-refractivity contribution in [2.24, 2.45) is 0 Å². The highest BCUT2D eigenvalue weighted by Crippen LogP contribution is 2.31. The molecule has 106 valence electrons. The number of nitrogens with one attached hydrogen (secondary N) is 1. The molecule has 0 spiro atoms. The fraction of sp³-hybridized carbons (Fsp3) is 0.636. The number of ether oxygens (including phenoxy) is 1. The van der Waals surface area contributed by atoms with Crippen LogP contribution in [-0.4, -0.2) is 23.6 Å². The fourth-order valence-corrected chi connectivity index (χ4v) is 2.60. The predicted octanol–water partition coefficient (Wildman–Crippen LogP) is 3.06. The molecule has 1 aliphatic rings. The van der Waals surface area contributed by atoms with Gasteiger partial charge < -0.3 is 4.74 Å². The van der Waals surface area contributed by atoms with Crippen LogP contribution in [0.2, 0.25) is 0 Å². The molecule has 0 aliphatic heterocycles. The summed E-state index contributed by atoms with van der Waals surface area (Å²) < 4.78 is 42.2. The molecule has 8 heteroatoms. The zero-order valence-corrected chi connectivity index (χ0v) is 10.8. The molecule has 1 amide bonds. The van der Waals surface area contributed by atoms with Gasteiger partial charge in [0.2, 0.25) is 0 Å². The SMILES string of the molecule is O=C(COC1CCCC1)Nc1nc(C(F)(F)F)cs1. The number of thiazole rings is 1. The van der Waals surface area contributed by atoms with Crippen molar-refractivity contribution in [3.05, 3.63) is 11.1 Å². The Morgan fingerprint density at radius 3 is 2.74 bits per heavy atom. The van der Waals surface area contributed by atoms with Gasteiger partial charge in [-0.1, -0.05) is 12.8 Å². The van der Waals surface area contributed by atoms with Gasteiger partial charge in [-0.15, -0.1) is 11.3 Å². The fourth-order valence-electron chi connectivity index (χ4n) is 1.87. The van der Waals surface area contributed by atoms with Crippen molar-refractivity contribution in [1.82, 2.24) is 4.98 Å². The molecule has 0 radical (unpaired) electrons. The number of halogens is 3. The van der Waals surface area contributed by atoms with Crippen LogP contribution in [0.15, 0.2) is 5.38 Å². The van der Waals surface area contributed by atoms with Crippen molar-refractivity contribution in [2.45, 2.75) is 38.0 Å². The Morgan fingerprint density at radius 1 is 1.47 bits per heavy atom. The van der Waals surface area contributed by atoms with Gasteiger partial charge in [0, 0.05) is 5.38 Å². The van der Waals surface area contributed by atoms with E-state index in [2.05, 4.69) is 10.3 Å². The lowest BCUT2D eigenvalue weighted by Gasteiger charge is -2.09. The number of hydrogen-bond acceptors (Lipinski definition) is 4. The molecule has 19 heavy (non-hydrogen) atoms. The monoisotopic (exact) mass is 294 g/mol. The topological polar surface area (TPSA) is 51.2 Å². The summed E-state index contributed by atoms with van der Waals surface area (Å²) in [4.78, 5) is 14.8. The van der Waals surface area contributed by atoms with Crippen LogP contribution >= 0.6 is 11.3 Å². The molecule has 0 unspecified atom stereocenters. The molecule has 0 bridgehead atoms. The Hall–Kier alpha value is -1.15. The van der Waals surface area contributed by atoms with Crippen LogP contribution in [0.1, 0.15) is 31.4 Å². The summed E-state index contributed by atoms with van der Waals surface area (Å²) in [5.41, 5.74) is -0.996. The van der Waals surface area contributed by atoms with Crippen molar-refractivity contribution >= 4 is 22.4 Å². The van der Waals surface area contributed by atoms with Gasteiger partial charge in [-0.05, 0) is 12.8 Å². The summed E-state index contributed by atoms with van der Waals surface area (Å²) in [6.45, 7) is -0.147. The summed E-state index contributed by atoms with van der Waals surface area (Å²) in [6.07, 6.45) is -0.347. The first-order chi connectivity index (χ1) is 8.95. The highest BCUT2D eigenvalue weighted by atomic mass is 32.1. The van der Waals surface area contributed by atoms with E-state index in [4.69, 9.17) is 4.74 Å². The van der Waals surface area contributed by atoms with Gasteiger partial charge in [-0.3, -0.25) is 10.1 Å². The molecule has 2 rings (SSSR count). The van der Waals surface area contributed by atoms with Crippen molar-refractivity contribution in [2.75, 3.05) is 11.9 Å². The standard InChI is InChI=1S/C11H13F3N2O2S/c12-11(13,14)8-6-19-10(15-8)16-9(17)5-18-7-3-1-2-4-7/h6-7H,1-5H2,(H,15,16,17). The zero-order chi connectivity index (χ0) is 13.9. The lowest BCUT2D eigenvalue weighted by molar-refractivity contribution is -0.140. The number of anilines is 1. The highest BCUT2D eigenvalue weighted by Gasteiger charge is 2.33. The number of nitrogens with zero attached hydrogens (tertiary/aromatic N) is 1. The van der Waals surface area contributed by atoms with E-state index in [1.54, 1.807) is 0 Å². The average Bonchev–Trinajstić information content (AvgIpc) is 2.95. The number of amides is 1. The highest BCUT2D eigenvalue weighted by molar-refractivity contribution is 7.13. The molecule has 0 atom stereocenters. The van der Waals surface area contributed by atoms with Crippen molar-refractivity contribution < 1.29 is 22.7 Å². The van der Waals surface area contributed by atoms with Gasteiger partial charge in [0.1, 0.15) is 6.61 Å². The van der Waals surface area contributed by atoms with E-state index in [-0.39, 0.29) is 17.8 Å². The van der Waals surface area contributed by atoms with Crippen LogP contribution < -0.4 is 5.32 Å². The summed E-state index contributed by atoms with van der Waals surface area (Å²) in [6, 6.07) is 0. The molecule has 1 N–H and O–H groups in total. The van der Waals surface area contributed by atoms with Crippen LogP contribution in [-0.2, 0) is 15.7 Å². The van der Waals surface area contributed by atoms with Gasteiger partial charge in [-0.25, -0.2) is 4.98 Å². The largest absolute Gasteiger partial charge is 0.434 e. The Bertz CT molecular complexity index is 441. The van der Waals surface area contributed by atoms with Gasteiger partial charge >= 0.3 is 6.18 Å². The second kappa shape index (κ2) is 5.87. The van der Waals surface area contributed by atoms with Gasteiger partial charge in [0.05, 0.1) is 6.10 Å². The van der Waals surface area contributed by atoms with Crippen molar-refractivity contribution in [1.29, 1.82) is 0 Å². The zero-order valence-electron chi connectivity index (χ0n) is 10.00. The van der Waals surface area contributed by atoms with Crippen LogP contribution in [0, 0.1) is 0 Å². The van der Waals surface area contributed by atoms with Crippen molar-refractivity contribution in [3.8, 4) is 0 Å². The molecule has 1 aromatic rings. The third kappa shape index (κ3) is 4.17. The average molecular weight is 294 g/mol. The van der Waals surface area contributed by atoms with Crippen LogP contribution in [0.25, 0.3) is 0 Å². The van der Waals surface area contributed by atoms with Gasteiger partial charge in [-0.2, -0.15) is 13.2 Å². The molecule has 0 aromatic carbocycles. The van der Waals surface area contributed by atoms with Crippen molar-refractivity contribution in [3.63, 3.8) is 0 Å². The molecule has 1 saturated carbocycles. The second-order valence-corrected chi connectivity index (χ2v) is 5.16. The predicted molar refractivity (Wildman–Crippen MR) is 64.0 cm³/mol. The van der Waals surface area contributed by atoms with Gasteiger partial charge in [0.15, 0.2) is 10.8 Å². The summed E-state index contributed by atoms with van der Waals surface area (Å²) in [7, 11) is 0. The van der Waals surface area contributed by atoms with Crippen LogP contribution in [0.5, 0.6) is 0 Å². The summed E-state index contributed by atoms with van der Waals surface area (Å²) in [5, 5.41) is 3.11. The normalized spacial score (nSPS) is 16.8. The third-order valence-electron chi connectivity index (χ3n) is 2.79. The number of aromatic nitrogens is 1. The number of carbonyl (C=O) groups is 1. The van der Waals surface area contributed by atoms with E-state index in [0.717, 1.165) is 42.4 Å². The number of hydrogen-bond donors (Lipinski definition) is 1. The molecular formula is C11H13F3N2O2S. The molecule has 1 aliphatic carbocycles. The quantitative estimate of drug-likeness (QED) is 0.928. The lowest BCUT2D eigenvalue weighted by atomic mass is 10.3. The summed E-state index contributed by atoms with van der Waals surface area (Å²) in [5.74, 6) is -0.477. The second-order valence-electron chi connectivity index (χ2n) is 4.30. The van der Waals surface area contributed by atoms with E-state index in [0.29, 0.717) is 0 Å².